The number of pyridine rings is 1. The maximum absolute atomic E-state index is 15.5. The molecule has 1 aliphatic rings. The lowest BCUT2D eigenvalue weighted by molar-refractivity contribution is -0.128. The van der Waals surface area contributed by atoms with Gasteiger partial charge in [0.25, 0.3) is 5.91 Å². The van der Waals surface area contributed by atoms with Crippen LogP contribution in [-0.4, -0.2) is 38.7 Å². The zero-order valence-corrected chi connectivity index (χ0v) is 22.8. The molecule has 4 aromatic rings. The van der Waals surface area contributed by atoms with Gasteiger partial charge in [0.2, 0.25) is 0 Å². The predicted octanol–water partition coefficient (Wildman–Crippen LogP) is 6.27. The number of likely N-dealkylation sites (tertiary alicyclic amines) is 1. The Kier molecular flexibility index (Phi) is 7.26. The van der Waals surface area contributed by atoms with Crippen molar-refractivity contribution < 1.29 is 13.9 Å². The number of benzene rings is 2. The number of carbonyl (C=O) groups excluding carboxylic acids is 1. The molecule has 0 spiro atoms. The van der Waals surface area contributed by atoms with E-state index < -0.39 is 5.82 Å². The topological polar surface area (TPSA) is 110 Å². The van der Waals surface area contributed by atoms with Crippen LogP contribution < -0.4 is 10.5 Å². The van der Waals surface area contributed by atoms with Gasteiger partial charge in [0.15, 0.2) is 0 Å². The van der Waals surface area contributed by atoms with Crippen molar-refractivity contribution >= 4 is 22.6 Å². The third-order valence-electron chi connectivity index (χ3n) is 6.78. The number of anilines is 1. The minimum Gasteiger partial charge on any atom is -0.457 e. The van der Waals surface area contributed by atoms with Crippen molar-refractivity contribution in [3.8, 4) is 28.8 Å². The van der Waals surface area contributed by atoms with E-state index in [-0.39, 0.29) is 34.3 Å². The van der Waals surface area contributed by atoms with Crippen molar-refractivity contribution in [1.29, 1.82) is 5.26 Å². The number of aromatic nitrogens is 3. The molecular formula is C31H31FN6O2. The van der Waals surface area contributed by atoms with E-state index in [1.54, 1.807) is 47.5 Å². The van der Waals surface area contributed by atoms with E-state index in [1.807, 2.05) is 43.7 Å². The van der Waals surface area contributed by atoms with E-state index in [2.05, 4.69) is 11.1 Å². The van der Waals surface area contributed by atoms with Crippen LogP contribution in [0.25, 0.3) is 22.2 Å². The van der Waals surface area contributed by atoms with Crippen LogP contribution in [0.2, 0.25) is 0 Å². The molecule has 204 valence electrons. The second-order valence-electron chi connectivity index (χ2n) is 11.0. The number of nitriles is 1. The molecule has 40 heavy (non-hydrogen) atoms. The summed E-state index contributed by atoms with van der Waals surface area (Å²) in [6.07, 6.45) is 4.81. The summed E-state index contributed by atoms with van der Waals surface area (Å²) in [5.74, 6) is 0.410. The molecule has 1 fully saturated rings. The Balaban J connectivity index is 1.49. The molecule has 2 N–H and O–H groups in total. The number of rotatable bonds is 5. The van der Waals surface area contributed by atoms with Gasteiger partial charge in [0.05, 0.1) is 16.9 Å². The number of hydrogen-bond acceptors (Lipinski definition) is 6. The first-order valence-electron chi connectivity index (χ1n) is 13.2. The van der Waals surface area contributed by atoms with Gasteiger partial charge >= 0.3 is 0 Å². The quantitative estimate of drug-likeness (QED) is 0.237. The highest BCUT2D eigenvalue weighted by atomic mass is 19.1. The van der Waals surface area contributed by atoms with Gasteiger partial charge in [-0.3, -0.25) is 9.48 Å². The first-order valence-corrected chi connectivity index (χ1v) is 13.2. The average molecular weight is 539 g/mol. The summed E-state index contributed by atoms with van der Waals surface area (Å²) >= 11 is 0. The molecule has 1 saturated heterocycles. The average Bonchev–Trinajstić information content (AvgIpc) is 3.32. The van der Waals surface area contributed by atoms with Gasteiger partial charge in [0, 0.05) is 30.9 Å². The first-order chi connectivity index (χ1) is 19.1. The zero-order valence-electron chi connectivity index (χ0n) is 22.8. The molecular weight excluding hydrogens is 507 g/mol. The number of amides is 1. The Morgan fingerprint density at radius 2 is 1.95 bits per heavy atom. The summed E-state index contributed by atoms with van der Waals surface area (Å²) in [6, 6.07) is 17.5. The fourth-order valence-corrected chi connectivity index (χ4v) is 5.04. The largest absolute Gasteiger partial charge is 0.457 e. The van der Waals surface area contributed by atoms with Crippen molar-refractivity contribution in [2.24, 2.45) is 5.41 Å². The number of ether oxygens (including phenoxy) is 1. The lowest BCUT2D eigenvalue weighted by atomic mass is 9.93. The number of para-hydroxylation sites is 1. The molecule has 1 aliphatic heterocycles. The fraction of sp³-hybridized carbons (Fsp3) is 0.290. The maximum Gasteiger partial charge on any atom is 0.264 e. The Bertz CT molecular complexity index is 1630. The molecule has 1 atom stereocenters. The Labute approximate surface area is 232 Å². The van der Waals surface area contributed by atoms with Crippen LogP contribution >= 0.6 is 0 Å². The van der Waals surface area contributed by atoms with Gasteiger partial charge in [-0.25, -0.2) is 9.37 Å². The van der Waals surface area contributed by atoms with Crippen molar-refractivity contribution in [3.05, 3.63) is 78.3 Å². The van der Waals surface area contributed by atoms with E-state index >= 15 is 4.39 Å². The minimum absolute atomic E-state index is 0.132. The van der Waals surface area contributed by atoms with E-state index in [0.717, 1.165) is 12.8 Å². The third kappa shape index (κ3) is 5.52. The van der Waals surface area contributed by atoms with Gasteiger partial charge < -0.3 is 15.4 Å². The van der Waals surface area contributed by atoms with Gasteiger partial charge in [0.1, 0.15) is 40.5 Å². The number of fused-ring (bicyclic) bond motifs is 1. The Morgan fingerprint density at radius 1 is 1.18 bits per heavy atom. The molecule has 1 unspecified atom stereocenters. The Hall–Kier alpha value is -4.71. The summed E-state index contributed by atoms with van der Waals surface area (Å²) < 4.78 is 23.1. The number of nitrogens with zero attached hydrogens (tertiary/aromatic N) is 5. The lowest BCUT2D eigenvalue weighted by Crippen LogP contribution is -2.41. The lowest BCUT2D eigenvalue weighted by Gasteiger charge is -2.33. The van der Waals surface area contributed by atoms with Gasteiger partial charge in [-0.1, -0.05) is 45.0 Å². The SMILES string of the molecule is CC(C)(C)/C=C(\C#N)C(=O)N1CCCC(n2nc(-c3ccc(Oc4ccccc4)cc3F)c3c(N)nccc32)C1. The van der Waals surface area contributed by atoms with Crippen molar-refractivity contribution in [1.82, 2.24) is 19.7 Å². The summed E-state index contributed by atoms with van der Waals surface area (Å²) in [4.78, 5) is 19.2. The van der Waals surface area contributed by atoms with E-state index in [4.69, 9.17) is 15.6 Å². The highest BCUT2D eigenvalue weighted by Crippen LogP contribution is 2.37. The van der Waals surface area contributed by atoms with Crippen LogP contribution in [0.15, 0.2) is 72.4 Å². The monoisotopic (exact) mass is 538 g/mol. The second kappa shape index (κ2) is 10.8. The Morgan fingerprint density at radius 3 is 2.65 bits per heavy atom. The van der Waals surface area contributed by atoms with Crippen molar-refractivity contribution in [2.75, 3.05) is 18.8 Å². The van der Waals surface area contributed by atoms with Gasteiger partial charge in [-0.05, 0) is 48.6 Å². The number of halogens is 1. The molecule has 2 aromatic carbocycles. The zero-order chi connectivity index (χ0) is 28.4. The van der Waals surface area contributed by atoms with E-state index in [9.17, 15) is 10.1 Å². The minimum atomic E-state index is -0.505. The second-order valence-corrected chi connectivity index (χ2v) is 11.0. The first kappa shape index (κ1) is 26.9. The highest BCUT2D eigenvalue weighted by molar-refractivity contribution is 6.00. The summed E-state index contributed by atoms with van der Waals surface area (Å²) in [5, 5.41) is 15.0. The number of nitrogen functional groups attached to an aromatic ring is 1. The molecule has 0 radical (unpaired) electrons. The van der Waals surface area contributed by atoms with Crippen molar-refractivity contribution in [2.45, 2.75) is 39.7 Å². The van der Waals surface area contributed by atoms with Crippen LogP contribution in [-0.2, 0) is 4.79 Å². The van der Waals surface area contributed by atoms with E-state index in [0.29, 0.717) is 41.2 Å². The highest BCUT2D eigenvalue weighted by Gasteiger charge is 2.30. The smallest absolute Gasteiger partial charge is 0.264 e. The van der Waals surface area contributed by atoms with Crippen LogP contribution in [0.4, 0.5) is 10.2 Å². The van der Waals surface area contributed by atoms with Gasteiger partial charge in [-0.2, -0.15) is 10.4 Å². The summed E-state index contributed by atoms with van der Waals surface area (Å²) in [7, 11) is 0. The molecule has 9 heteroatoms. The molecule has 8 nitrogen and oxygen atoms in total. The van der Waals surface area contributed by atoms with E-state index in [1.165, 1.54) is 6.07 Å². The normalized spacial score (nSPS) is 16.1. The van der Waals surface area contributed by atoms with Crippen LogP contribution in [0.5, 0.6) is 11.5 Å². The number of carbonyl (C=O) groups is 1. The molecule has 0 aliphatic carbocycles. The van der Waals surface area contributed by atoms with Crippen LogP contribution in [0, 0.1) is 22.6 Å². The van der Waals surface area contributed by atoms with Gasteiger partial charge in [-0.15, -0.1) is 0 Å². The summed E-state index contributed by atoms with van der Waals surface area (Å²) in [6.45, 7) is 6.77. The molecule has 2 aromatic heterocycles. The fourth-order valence-electron chi connectivity index (χ4n) is 5.04. The molecule has 0 saturated carbocycles. The number of hydrogen-bond donors (Lipinski definition) is 1. The maximum atomic E-state index is 15.5. The molecule has 3 heterocycles. The molecule has 1 amide bonds. The number of piperidine rings is 1. The standard InChI is InChI=1S/C31H31FN6O2/c1-31(2,3)17-20(18-33)30(39)37-15-7-8-21(19-37)38-26-13-14-35-29(34)27(26)28(36-38)24-12-11-23(16-25(24)32)40-22-9-5-4-6-10-22/h4-6,9-14,16-17,21H,7-8,15,19H2,1-3H3,(H2,34,35)/b20-17+. The predicted molar refractivity (Wildman–Crippen MR) is 152 cm³/mol. The van der Waals surface area contributed by atoms with Crippen LogP contribution in [0.1, 0.15) is 39.7 Å². The summed E-state index contributed by atoms with van der Waals surface area (Å²) in [5.41, 5.74) is 7.47. The third-order valence-corrected chi connectivity index (χ3v) is 6.78. The molecule has 0 bridgehead atoms. The molecule has 5 rings (SSSR count). The van der Waals surface area contributed by atoms with Crippen LogP contribution in [0.3, 0.4) is 0 Å². The van der Waals surface area contributed by atoms with Crippen molar-refractivity contribution in [3.63, 3.8) is 0 Å². The number of nitrogens with two attached hydrogens (primary N) is 1. The number of allylic oxidation sites excluding steroid dienone is 1.